The lowest BCUT2D eigenvalue weighted by atomic mass is 10.2. The highest BCUT2D eigenvalue weighted by Crippen LogP contribution is 2.24. The molecule has 0 aromatic heterocycles. The number of carboxylic acid groups (broad SMARTS) is 1. The van der Waals surface area contributed by atoms with Crippen LogP contribution in [0, 0.1) is 0 Å². The van der Waals surface area contributed by atoms with Gasteiger partial charge in [-0.1, -0.05) is 0 Å². The summed E-state index contributed by atoms with van der Waals surface area (Å²) in [5, 5.41) is 8.80. The number of nitrogens with two attached hydrogens (primary N) is 1. The van der Waals surface area contributed by atoms with Gasteiger partial charge in [-0.2, -0.15) is 0 Å². The maximum atomic E-state index is 11.9. The van der Waals surface area contributed by atoms with E-state index in [0.29, 0.717) is 0 Å². The third-order valence-corrected chi connectivity index (χ3v) is 4.83. The summed E-state index contributed by atoms with van der Waals surface area (Å²) in [6.07, 6.45) is -0.313. The molecule has 0 bridgehead atoms. The van der Waals surface area contributed by atoms with Gasteiger partial charge in [0.25, 0.3) is 0 Å². The zero-order chi connectivity index (χ0) is 13.9. The van der Waals surface area contributed by atoms with Gasteiger partial charge in [0.15, 0.2) is 9.84 Å². The molecule has 0 heterocycles. The average molecular weight is 336 g/mol. The van der Waals surface area contributed by atoms with Crippen molar-refractivity contribution in [2.24, 2.45) is 5.73 Å². The van der Waals surface area contributed by atoms with Crippen molar-refractivity contribution in [2.75, 3.05) is 5.75 Å². The summed E-state index contributed by atoms with van der Waals surface area (Å²) < 4.78 is 24.1. The molecule has 1 amide bonds. The lowest BCUT2D eigenvalue weighted by Crippen LogP contribution is -2.17. The van der Waals surface area contributed by atoms with Crippen LogP contribution in [-0.4, -0.2) is 31.2 Å². The van der Waals surface area contributed by atoms with Gasteiger partial charge < -0.3 is 10.8 Å². The first kappa shape index (κ1) is 14.7. The predicted molar refractivity (Wildman–Crippen MR) is 67.0 cm³/mol. The molecule has 0 aliphatic rings. The first-order chi connectivity index (χ1) is 8.24. The quantitative estimate of drug-likeness (QED) is 0.825. The molecule has 0 aliphatic heterocycles. The minimum Gasteiger partial charge on any atom is -0.478 e. The molecule has 8 heteroatoms. The summed E-state index contributed by atoms with van der Waals surface area (Å²) in [6, 6.07) is 3.66. The van der Waals surface area contributed by atoms with Gasteiger partial charge in [0, 0.05) is 10.9 Å². The molecule has 0 atom stereocenters. The molecule has 18 heavy (non-hydrogen) atoms. The van der Waals surface area contributed by atoms with Crippen molar-refractivity contribution in [1.29, 1.82) is 0 Å². The van der Waals surface area contributed by atoms with Crippen LogP contribution in [0.5, 0.6) is 0 Å². The van der Waals surface area contributed by atoms with Gasteiger partial charge in [-0.05, 0) is 34.1 Å². The Hall–Kier alpha value is -1.41. The van der Waals surface area contributed by atoms with E-state index in [1.54, 1.807) is 0 Å². The third kappa shape index (κ3) is 3.54. The molecular formula is C10H10BrNO5S. The summed E-state index contributed by atoms with van der Waals surface area (Å²) in [5.74, 6) is -2.41. The Kier molecular flexibility index (Phi) is 4.47. The van der Waals surface area contributed by atoms with E-state index in [1.807, 2.05) is 0 Å². The fraction of sp³-hybridized carbons (Fsp3) is 0.200. The molecule has 0 saturated carbocycles. The Morgan fingerprint density at radius 3 is 2.44 bits per heavy atom. The fourth-order valence-corrected chi connectivity index (χ4v) is 3.57. The van der Waals surface area contributed by atoms with Crippen molar-refractivity contribution in [3.05, 3.63) is 28.2 Å². The topological polar surface area (TPSA) is 115 Å². The Bertz CT molecular complexity index is 596. The van der Waals surface area contributed by atoms with E-state index in [4.69, 9.17) is 10.8 Å². The lowest BCUT2D eigenvalue weighted by Gasteiger charge is -2.06. The molecule has 6 nitrogen and oxygen atoms in total. The summed E-state index contributed by atoms with van der Waals surface area (Å²) in [6.45, 7) is 0. The number of amides is 1. The normalized spacial score (nSPS) is 11.2. The number of carboxylic acids is 1. The molecule has 3 N–H and O–H groups in total. The number of sulfone groups is 1. The van der Waals surface area contributed by atoms with Gasteiger partial charge >= 0.3 is 5.97 Å². The van der Waals surface area contributed by atoms with Crippen molar-refractivity contribution >= 4 is 37.6 Å². The minimum atomic E-state index is -3.75. The van der Waals surface area contributed by atoms with Crippen molar-refractivity contribution in [1.82, 2.24) is 0 Å². The van der Waals surface area contributed by atoms with Gasteiger partial charge in [0.05, 0.1) is 16.2 Å². The van der Waals surface area contributed by atoms with Crippen molar-refractivity contribution < 1.29 is 23.1 Å². The number of hydrogen-bond donors (Lipinski definition) is 2. The van der Waals surface area contributed by atoms with Crippen LogP contribution in [0.25, 0.3) is 0 Å². The second kappa shape index (κ2) is 5.49. The second-order valence-electron chi connectivity index (χ2n) is 3.49. The Morgan fingerprint density at radius 2 is 1.94 bits per heavy atom. The number of rotatable bonds is 5. The molecular weight excluding hydrogens is 326 g/mol. The highest BCUT2D eigenvalue weighted by molar-refractivity contribution is 9.10. The Labute approximate surface area is 112 Å². The lowest BCUT2D eigenvalue weighted by molar-refractivity contribution is -0.117. The van der Waals surface area contributed by atoms with E-state index in [1.165, 1.54) is 12.1 Å². The molecule has 0 spiro atoms. The number of halogens is 1. The third-order valence-electron chi connectivity index (χ3n) is 2.13. The van der Waals surface area contributed by atoms with Gasteiger partial charge in [0.1, 0.15) is 0 Å². The Balaban J connectivity index is 3.18. The van der Waals surface area contributed by atoms with E-state index >= 15 is 0 Å². The van der Waals surface area contributed by atoms with E-state index in [2.05, 4.69) is 15.9 Å². The van der Waals surface area contributed by atoms with Crippen molar-refractivity contribution in [3.8, 4) is 0 Å². The molecule has 0 aliphatic carbocycles. The standard InChI is InChI=1S/C10H10BrNO5S/c11-7-2-1-6(10(14)15)5-8(7)18(16,17)4-3-9(12)13/h1-2,5H,3-4H2,(H2,12,13)(H,14,15). The van der Waals surface area contributed by atoms with Crippen LogP contribution >= 0.6 is 15.9 Å². The number of hydrogen-bond acceptors (Lipinski definition) is 4. The zero-order valence-corrected chi connectivity index (χ0v) is 11.5. The van der Waals surface area contributed by atoms with Gasteiger partial charge in [-0.3, -0.25) is 4.79 Å². The molecule has 98 valence electrons. The first-order valence-electron chi connectivity index (χ1n) is 4.78. The molecule has 1 aromatic carbocycles. The SMILES string of the molecule is NC(=O)CCS(=O)(=O)c1cc(C(=O)O)ccc1Br. The smallest absolute Gasteiger partial charge is 0.335 e. The van der Waals surface area contributed by atoms with E-state index in [9.17, 15) is 18.0 Å². The maximum absolute atomic E-state index is 11.9. The average Bonchev–Trinajstić information content (AvgIpc) is 2.26. The van der Waals surface area contributed by atoms with Crippen LogP contribution in [0.15, 0.2) is 27.6 Å². The van der Waals surface area contributed by atoms with E-state index < -0.39 is 27.5 Å². The second-order valence-corrected chi connectivity index (χ2v) is 6.42. The van der Waals surface area contributed by atoms with E-state index in [-0.39, 0.29) is 21.4 Å². The van der Waals surface area contributed by atoms with Crippen LogP contribution in [-0.2, 0) is 14.6 Å². The highest BCUT2D eigenvalue weighted by atomic mass is 79.9. The molecule has 0 unspecified atom stereocenters. The number of aromatic carboxylic acids is 1. The zero-order valence-electron chi connectivity index (χ0n) is 9.09. The van der Waals surface area contributed by atoms with Crippen molar-refractivity contribution in [2.45, 2.75) is 11.3 Å². The van der Waals surface area contributed by atoms with Crippen molar-refractivity contribution in [3.63, 3.8) is 0 Å². The number of carbonyl (C=O) groups excluding carboxylic acids is 1. The van der Waals surface area contributed by atoms with Gasteiger partial charge in [-0.25, -0.2) is 13.2 Å². The number of primary amides is 1. The summed E-state index contributed by atoms with van der Waals surface area (Å²) >= 11 is 3.03. The number of carbonyl (C=O) groups is 2. The molecule has 1 aromatic rings. The highest BCUT2D eigenvalue weighted by Gasteiger charge is 2.20. The summed E-state index contributed by atoms with van der Waals surface area (Å²) in [4.78, 5) is 21.2. The maximum Gasteiger partial charge on any atom is 0.335 e. The molecule has 0 fully saturated rings. The minimum absolute atomic E-state index is 0.143. The largest absolute Gasteiger partial charge is 0.478 e. The monoisotopic (exact) mass is 335 g/mol. The summed E-state index contributed by atoms with van der Waals surface area (Å²) in [5.41, 5.74) is 4.74. The van der Waals surface area contributed by atoms with Crippen LogP contribution in [0.4, 0.5) is 0 Å². The van der Waals surface area contributed by atoms with E-state index in [0.717, 1.165) is 6.07 Å². The van der Waals surface area contributed by atoms with Gasteiger partial charge in [0.2, 0.25) is 5.91 Å². The predicted octanol–water partition coefficient (Wildman–Crippen LogP) is 0.796. The molecule has 0 saturated heterocycles. The molecule has 0 radical (unpaired) electrons. The number of benzene rings is 1. The van der Waals surface area contributed by atoms with Crippen LogP contribution in [0.1, 0.15) is 16.8 Å². The van der Waals surface area contributed by atoms with Gasteiger partial charge in [-0.15, -0.1) is 0 Å². The van der Waals surface area contributed by atoms with Crippen LogP contribution in [0.2, 0.25) is 0 Å². The Morgan fingerprint density at radius 1 is 1.33 bits per heavy atom. The summed E-state index contributed by atoms with van der Waals surface area (Å²) in [7, 11) is -3.75. The van der Waals surface area contributed by atoms with Crippen LogP contribution in [0.3, 0.4) is 0 Å². The fourth-order valence-electron chi connectivity index (χ4n) is 1.22. The van der Waals surface area contributed by atoms with Crippen LogP contribution < -0.4 is 5.73 Å². The molecule has 1 rings (SSSR count). The first-order valence-corrected chi connectivity index (χ1v) is 7.22.